The molecule has 0 spiro atoms. The molecule has 1 aliphatic rings. The van der Waals surface area contributed by atoms with Crippen molar-refractivity contribution in [3.05, 3.63) is 47.8 Å². The van der Waals surface area contributed by atoms with Gasteiger partial charge >= 0.3 is 0 Å². The number of likely N-dealkylation sites (tertiary alicyclic amines) is 1. The summed E-state index contributed by atoms with van der Waals surface area (Å²) in [6.45, 7) is 2.78. The molecule has 1 heterocycles. The van der Waals surface area contributed by atoms with Gasteiger partial charge in [0.05, 0.1) is 0 Å². The Morgan fingerprint density at radius 3 is 2.32 bits per heavy atom. The van der Waals surface area contributed by atoms with Gasteiger partial charge in [-0.3, -0.25) is 9.59 Å². The van der Waals surface area contributed by atoms with Gasteiger partial charge in [-0.1, -0.05) is 24.3 Å². The monoisotopic (exact) mass is 299 g/mol. The number of Topliss-reactive ketones (excluding diaryl/α,β-unsaturated/α-hetero) is 1. The van der Waals surface area contributed by atoms with Crippen LogP contribution in [0.2, 0.25) is 0 Å². The third-order valence-corrected chi connectivity index (χ3v) is 4.45. The molecule has 0 atom stereocenters. The first kappa shape index (κ1) is 14.7. The molecule has 4 heteroatoms. The minimum Gasteiger partial charge on any atom is -0.343 e. The number of ketones is 1. The second-order valence-electron chi connectivity index (χ2n) is 5.79. The maximum absolute atomic E-state index is 13.9. The van der Waals surface area contributed by atoms with Gasteiger partial charge in [0, 0.05) is 36.9 Å². The number of carbonyl (C=O) groups is 2. The lowest BCUT2D eigenvalue weighted by atomic mass is 9.87. The zero-order valence-electron chi connectivity index (χ0n) is 12.5. The topological polar surface area (TPSA) is 37.4 Å². The molecule has 0 aromatic heterocycles. The maximum atomic E-state index is 13.9. The Morgan fingerprint density at radius 1 is 1.05 bits per heavy atom. The number of piperidine rings is 1. The van der Waals surface area contributed by atoms with E-state index in [2.05, 4.69) is 0 Å². The van der Waals surface area contributed by atoms with Crippen LogP contribution in [-0.4, -0.2) is 29.7 Å². The third-order valence-electron chi connectivity index (χ3n) is 4.45. The van der Waals surface area contributed by atoms with E-state index in [-0.39, 0.29) is 23.4 Å². The lowest BCUT2D eigenvalue weighted by Gasteiger charge is -2.30. The van der Waals surface area contributed by atoms with Crippen LogP contribution in [0.15, 0.2) is 36.4 Å². The van der Waals surface area contributed by atoms with Crippen LogP contribution in [0.3, 0.4) is 0 Å². The predicted octanol–water partition coefficient (Wildman–Crippen LogP) is 3.42. The second-order valence-corrected chi connectivity index (χ2v) is 5.79. The van der Waals surface area contributed by atoms with E-state index in [1.165, 1.54) is 6.07 Å². The van der Waals surface area contributed by atoms with Crippen LogP contribution in [0.1, 0.15) is 30.1 Å². The van der Waals surface area contributed by atoms with E-state index in [4.69, 9.17) is 0 Å². The van der Waals surface area contributed by atoms with Crippen molar-refractivity contribution >= 4 is 22.5 Å². The molecule has 0 radical (unpaired) electrons. The lowest BCUT2D eigenvalue weighted by Crippen LogP contribution is -2.39. The van der Waals surface area contributed by atoms with Gasteiger partial charge in [0.2, 0.25) is 5.91 Å². The number of benzene rings is 2. The van der Waals surface area contributed by atoms with Gasteiger partial charge in [-0.25, -0.2) is 4.39 Å². The number of rotatable bonds is 2. The summed E-state index contributed by atoms with van der Waals surface area (Å²) in [6.07, 6.45) is 1.34. The zero-order valence-corrected chi connectivity index (χ0v) is 12.5. The number of hydrogen-bond acceptors (Lipinski definition) is 2. The minimum absolute atomic E-state index is 0.0538. The maximum Gasteiger partial charge on any atom is 0.219 e. The summed E-state index contributed by atoms with van der Waals surface area (Å²) in [4.78, 5) is 25.9. The SMILES string of the molecule is CC(=O)N1CCC(C(=O)c2ccc(F)c3ccccc23)CC1. The normalized spacial score (nSPS) is 16.0. The molecule has 0 aliphatic carbocycles. The molecule has 2 aromatic carbocycles. The molecule has 3 rings (SSSR count). The molecule has 22 heavy (non-hydrogen) atoms. The van der Waals surface area contributed by atoms with E-state index in [0.717, 1.165) is 0 Å². The van der Waals surface area contributed by atoms with E-state index in [1.54, 1.807) is 36.1 Å². The second kappa shape index (κ2) is 5.87. The highest BCUT2D eigenvalue weighted by atomic mass is 19.1. The molecule has 3 nitrogen and oxygen atoms in total. The molecule has 0 unspecified atom stereocenters. The van der Waals surface area contributed by atoms with Crippen LogP contribution >= 0.6 is 0 Å². The van der Waals surface area contributed by atoms with E-state index in [9.17, 15) is 14.0 Å². The Hall–Kier alpha value is -2.23. The first-order valence-electron chi connectivity index (χ1n) is 7.55. The number of amides is 1. The molecule has 1 aliphatic heterocycles. The highest BCUT2D eigenvalue weighted by Gasteiger charge is 2.27. The summed E-state index contributed by atoms with van der Waals surface area (Å²) in [5.74, 6) is -0.291. The van der Waals surface area contributed by atoms with Gasteiger partial charge in [0.25, 0.3) is 0 Å². The largest absolute Gasteiger partial charge is 0.343 e. The first-order valence-corrected chi connectivity index (χ1v) is 7.55. The van der Waals surface area contributed by atoms with Crippen LogP contribution in [0, 0.1) is 11.7 Å². The zero-order chi connectivity index (χ0) is 15.7. The fraction of sp³-hybridized carbons (Fsp3) is 0.333. The summed E-state index contributed by atoms with van der Waals surface area (Å²) in [5, 5.41) is 1.15. The van der Waals surface area contributed by atoms with Crippen molar-refractivity contribution in [2.24, 2.45) is 5.92 Å². The van der Waals surface area contributed by atoms with Gasteiger partial charge < -0.3 is 4.90 Å². The van der Waals surface area contributed by atoms with E-state index in [0.29, 0.717) is 42.3 Å². The number of fused-ring (bicyclic) bond motifs is 1. The van der Waals surface area contributed by atoms with E-state index >= 15 is 0 Å². The van der Waals surface area contributed by atoms with Crippen LogP contribution in [0.5, 0.6) is 0 Å². The number of hydrogen-bond donors (Lipinski definition) is 0. The van der Waals surface area contributed by atoms with Crippen LogP contribution in [0.25, 0.3) is 10.8 Å². The molecule has 0 N–H and O–H groups in total. The molecule has 1 saturated heterocycles. The van der Waals surface area contributed by atoms with Crippen molar-refractivity contribution in [2.75, 3.05) is 13.1 Å². The fourth-order valence-electron chi connectivity index (χ4n) is 3.15. The molecular formula is C18H18FNO2. The number of carbonyl (C=O) groups excluding carboxylic acids is 2. The Morgan fingerprint density at radius 2 is 1.68 bits per heavy atom. The molecule has 0 bridgehead atoms. The Labute approximate surface area is 128 Å². The van der Waals surface area contributed by atoms with Crippen molar-refractivity contribution in [3.8, 4) is 0 Å². The Bertz CT molecular complexity index is 733. The van der Waals surface area contributed by atoms with Gasteiger partial charge in [0.1, 0.15) is 5.82 Å². The van der Waals surface area contributed by atoms with E-state index in [1.807, 2.05) is 6.07 Å². The summed E-state index contributed by atoms with van der Waals surface area (Å²) in [6, 6.07) is 10.0. The molecule has 2 aromatic rings. The van der Waals surface area contributed by atoms with Crippen molar-refractivity contribution in [1.29, 1.82) is 0 Å². The highest BCUT2D eigenvalue weighted by molar-refractivity contribution is 6.09. The quantitative estimate of drug-likeness (QED) is 0.797. The smallest absolute Gasteiger partial charge is 0.219 e. The average molecular weight is 299 g/mol. The first-order chi connectivity index (χ1) is 10.6. The molecular weight excluding hydrogens is 281 g/mol. The van der Waals surface area contributed by atoms with Crippen LogP contribution in [-0.2, 0) is 4.79 Å². The Balaban J connectivity index is 1.88. The summed E-state index contributed by atoms with van der Waals surface area (Å²) in [7, 11) is 0. The summed E-state index contributed by atoms with van der Waals surface area (Å²) in [5.41, 5.74) is 0.582. The molecule has 1 fully saturated rings. The standard InChI is InChI=1S/C18H18FNO2/c1-12(21)20-10-8-13(9-11-20)18(22)16-6-7-17(19)15-5-3-2-4-14(15)16/h2-7,13H,8-11H2,1H3. The third kappa shape index (κ3) is 2.61. The van der Waals surface area contributed by atoms with Gasteiger partial charge in [-0.15, -0.1) is 0 Å². The summed E-state index contributed by atoms with van der Waals surface area (Å²) < 4.78 is 13.9. The predicted molar refractivity (Wildman–Crippen MR) is 83.2 cm³/mol. The summed E-state index contributed by atoms with van der Waals surface area (Å²) >= 11 is 0. The number of nitrogens with zero attached hydrogens (tertiary/aromatic N) is 1. The van der Waals surface area contributed by atoms with Crippen LogP contribution in [0.4, 0.5) is 4.39 Å². The van der Waals surface area contributed by atoms with E-state index < -0.39 is 0 Å². The number of halogens is 1. The lowest BCUT2D eigenvalue weighted by molar-refractivity contribution is -0.130. The van der Waals surface area contributed by atoms with Gasteiger partial charge in [-0.2, -0.15) is 0 Å². The van der Waals surface area contributed by atoms with Gasteiger partial charge in [-0.05, 0) is 30.4 Å². The molecule has 114 valence electrons. The van der Waals surface area contributed by atoms with Gasteiger partial charge in [0.15, 0.2) is 5.78 Å². The van der Waals surface area contributed by atoms with Crippen molar-refractivity contribution in [1.82, 2.24) is 4.90 Å². The minimum atomic E-state index is -0.307. The van der Waals surface area contributed by atoms with Crippen molar-refractivity contribution < 1.29 is 14.0 Å². The molecule has 0 saturated carbocycles. The van der Waals surface area contributed by atoms with Crippen molar-refractivity contribution in [3.63, 3.8) is 0 Å². The fourth-order valence-corrected chi connectivity index (χ4v) is 3.15. The average Bonchev–Trinajstić information content (AvgIpc) is 2.55. The highest BCUT2D eigenvalue weighted by Crippen LogP contribution is 2.27. The Kier molecular flexibility index (Phi) is 3.92. The van der Waals surface area contributed by atoms with Crippen molar-refractivity contribution in [2.45, 2.75) is 19.8 Å². The van der Waals surface area contributed by atoms with Crippen LogP contribution < -0.4 is 0 Å². The molecule has 1 amide bonds.